The van der Waals surface area contributed by atoms with Gasteiger partial charge in [-0.2, -0.15) is 70.2 Å². The number of ether oxygens (including phenoxy) is 3. The van der Waals surface area contributed by atoms with E-state index in [1.54, 1.807) is 0 Å². The van der Waals surface area contributed by atoms with Crippen molar-refractivity contribution in [3.8, 4) is 11.5 Å². The first-order valence-electron chi connectivity index (χ1n) is 13.7. The average molecular weight is 773 g/mol. The van der Waals surface area contributed by atoms with Crippen molar-refractivity contribution in [2.45, 2.75) is 61.4 Å². The van der Waals surface area contributed by atoms with Gasteiger partial charge in [-0.3, -0.25) is 4.90 Å². The minimum absolute atomic E-state index is 0.0178. The third-order valence-electron chi connectivity index (χ3n) is 6.65. The summed E-state index contributed by atoms with van der Waals surface area (Å²) in [5, 5.41) is 9.16. The molecule has 0 radical (unpaired) electrons. The maximum absolute atomic E-state index is 14.7. The van der Waals surface area contributed by atoms with Gasteiger partial charge in [0.2, 0.25) is 0 Å². The summed E-state index contributed by atoms with van der Waals surface area (Å²) in [5.74, 6) is -42.1. The Morgan fingerprint density at radius 2 is 1.27 bits per heavy atom. The van der Waals surface area contributed by atoms with E-state index in [0.717, 1.165) is 24.3 Å². The molecular formula is C28H23F16NO6. The molecule has 0 aliphatic carbocycles. The van der Waals surface area contributed by atoms with Gasteiger partial charge in [0.05, 0.1) is 18.7 Å². The van der Waals surface area contributed by atoms with Crippen molar-refractivity contribution >= 4 is 12.1 Å². The van der Waals surface area contributed by atoms with Crippen LogP contribution < -0.4 is 9.47 Å². The van der Waals surface area contributed by atoms with Crippen LogP contribution in [0.15, 0.2) is 48.5 Å². The molecule has 0 bridgehead atoms. The Kier molecular flexibility index (Phi) is 12.8. The van der Waals surface area contributed by atoms with Gasteiger partial charge in [0, 0.05) is 13.0 Å². The summed E-state index contributed by atoms with van der Waals surface area (Å²) in [6.45, 7) is -4.40. The fourth-order valence-electron chi connectivity index (χ4n) is 3.95. The first-order valence-corrected chi connectivity index (χ1v) is 13.7. The zero-order valence-electron chi connectivity index (χ0n) is 25.2. The van der Waals surface area contributed by atoms with E-state index in [1.165, 1.54) is 19.1 Å². The highest BCUT2D eigenvalue weighted by Gasteiger charge is 2.90. The first kappa shape index (κ1) is 43.0. The molecule has 7 nitrogen and oxygen atoms in total. The highest BCUT2D eigenvalue weighted by Crippen LogP contribution is 2.60. The van der Waals surface area contributed by atoms with E-state index in [1.807, 2.05) is 0 Å². The third-order valence-corrected chi connectivity index (χ3v) is 6.65. The maximum Gasteiger partial charge on any atom is 0.460 e. The van der Waals surface area contributed by atoms with Crippen molar-refractivity contribution in [1.29, 1.82) is 0 Å². The normalized spacial score (nSPS) is 14.2. The Labute approximate surface area is 275 Å². The Morgan fingerprint density at radius 1 is 0.745 bits per heavy atom. The molecule has 1 atom stereocenters. The molecule has 0 aromatic heterocycles. The molecule has 2 rings (SSSR count). The first-order chi connectivity index (χ1) is 23.0. The number of para-hydroxylation sites is 1. The standard InChI is InChI=1S/C28H23F16NO6/c1-2-49-19(20(46)47)13-15-7-9-16(10-8-15)50-12-11-45(21(48)51-18-6-4-3-5-17(18)23(31,32)33)14-22(29,30)24(34,35)25(36,37)26(38,39)27(40,41)28(42,43)44/h3-10,19H,2,11-14H2,1H3,(H,46,47). The molecule has 0 spiro atoms. The Bertz CT molecular complexity index is 1500. The highest BCUT2D eigenvalue weighted by molar-refractivity contribution is 5.73. The van der Waals surface area contributed by atoms with E-state index in [2.05, 4.69) is 4.74 Å². The van der Waals surface area contributed by atoms with Crippen molar-refractivity contribution in [3.05, 3.63) is 59.7 Å². The summed E-state index contributed by atoms with van der Waals surface area (Å²) in [6.07, 6.45) is -16.9. The van der Waals surface area contributed by atoms with Gasteiger partial charge >= 0.3 is 54.0 Å². The molecule has 2 aromatic carbocycles. The van der Waals surface area contributed by atoms with Crippen molar-refractivity contribution < 1.29 is 99.2 Å². The molecule has 1 unspecified atom stereocenters. The number of aliphatic carboxylic acids is 1. The van der Waals surface area contributed by atoms with E-state index in [4.69, 9.17) is 14.6 Å². The number of hydrogen-bond donors (Lipinski definition) is 1. The van der Waals surface area contributed by atoms with Gasteiger partial charge in [-0.25, -0.2) is 9.59 Å². The van der Waals surface area contributed by atoms with Crippen LogP contribution in [0.4, 0.5) is 75.0 Å². The number of rotatable bonds is 16. The summed E-state index contributed by atoms with van der Waals surface area (Å²) < 4.78 is 232. The van der Waals surface area contributed by atoms with Crippen molar-refractivity contribution in [3.63, 3.8) is 0 Å². The van der Waals surface area contributed by atoms with E-state index in [9.17, 15) is 79.8 Å². The summed E-state index contributed by atoms with van der Waals surface area (Å²) in [4.78, 5) is 23.1. The number of alkyl halides is 16. The molecule has 23 heteroatoms. The number of hydrogen-bond acceptors (Lipinski definition) is 5. The molecule has 0 heterocycles. The summed E-state index contributed by atoms with van der Waals surface area (Å²) in [5.41, 5.74) is -1.46. The van der Waals surface area contributed by atoms with E-state index in [-0.39, 0.29) is 24.8 Å². The Hall–Kier alpha value is -4.18. The van der Waals surface area contributed by atoms with Crippen molar-refractivity contribution in [2.24, 2.45) is 0 Å². The van der Waals surface area contributed by atoms with Crippen LogP contribution in [-0.2, 0) is 22.1 Å². The van der Waals surface area contributed by atoms with Crippen LogP contribution in [0.25, 0.3) is 0 Å². The number of amides is 1. The molecule has 1 N–H and O–H groups in total. The zero-order chi connectivity index (χ0) is 39.4. The minimum Gasteiger partial charge on any atom is -0.492 e. The molecule has 0 saturated heterocycles. The molecule has 1 amide bonds. The van der Waals surface area contributed by atoms with Crippen LogP contribution in [0.1, 0.15) is 18.1 Å². The lowest BCUT2D eigenvalue weighted by Crippen LogP contribution is -2.71. The quantitative estimate of drug-likeness (QED) is 0.173. The molecule has 288 valence electrons. The van der Waals surface area contributed by atoms with Crippen molar-refractivity contribution in [2.75, 3.05) is 26.3 Å². The van der Waals surface area contributed by atoms with E-state index in [0.29, 0.717) is 11.6 Å². The van der Waals surface area contributed by atoms with Crippen LogP contribution in [0, 0.1) is 0 Å². The third kappa shape index (κ3) is 9.19. The summed E-state index contributed by atoms with van der Waals surface area (Å²) >= 11 is 0. The van der Waals surface area contributed by atoms with Crippen LogP contribution in [-0.4, -0.2) is 90.3 Å². The largest absolute Gasteiger partial charge is 0.492 e. The SMILES string of the molecule is CCOC(Cc1ccc(OCCN(CC(F)(F)C(F)(F)C(F)(F)C(F)(F)C(F)(F)C(F)(F)F)C(=O)Oc2ccccc2C(F)(F)F)cc1)C(=O)O. The van der Waals surface area contributed by atoms with Gasteiger partial charge in [0.15, 0.2) is 6.10 Å². The molecule has 0 aliphatic rings. The lowest BCUT2D eigenvalue weighted by atomic mass is 9.93. The van der Waals surface area contributed by atoms with Crippen LogP contribution in [0.5, 0.6) is 11.5 Å². The van der Waals surface area contributed by atoms with Gasteiger partial charge in [-0.15, -0.1) is 0 Å². The molecule has 0 aliphatic heterocycles. The lowest BCUT2D eigenvalue weighted by Gasteiger charge is -2.40. The Balaban J connectivity index is 2.43. The number of carbonyl (C=O) groups is 2. The zero-order valence-corrected chi connectivity index (χ0v) is 25.2. The van der Waals surface area contributed by atoms with Crippen LogP contribution >= 0.6 is 0 Å². The lowest BCUT2D eigenvalue weighted by molar-refractivity contribution is -0.440. The fourth-order valence-corrected chi connectivity index (χ4v) is 3.95. The van der Waals surface area contributed by atoms with Gasteiger partial charge in [-0.05, 0) is 36.8 Å². The van der Waals surface area contributed by atoms with Gasteiger partial charge in [0.1, 0.15) is 18.1 Å². The molecule has 0 saturated carbocycles. The maximum atomic E-state index is 14.7. The van der Waals surface area contributed by atoms with E-state index >= 15 is 0 Å². The number of carboxylic acids is 1. The second-order valence-corrected chi connectivity index (χ2v) is 10.3. The number of halogens is 16. The van der Waals surface area contributed by atoms with Gasteiger partial charge in [0.25, 0.3) is 0 Å². The smallest absolute Gasteiger partial charge is 0.460 e. The van der Waals surface area contributed by atoms with Crippen LogP contribution in [0.2, 0.25) is 0 Å². The van der Waals surface area contributed by atoms with Crippen LogP contribution in [0.3, 0.4) is 0 Å². The predicted molar refractivity (Wildman–Crippen MR) is 139 cm³/mol. The monoisotopic (exact) mass is 773 g/mol. The number of carboxylic acid groups (broad SMARTS) is 1. The second kappa shape index (κ2) is 15.2. The molecule has 2 aromatic rings. The molecule has 51 heavy (non-hydrogen) atoms. The number of benzene rings is 2. The number of nitrogens with zero attached hydrogens (tertiary/aromatic N) is 1. The van der Waals surface area contributed by atoms with Gasteiger partial charge in [-0.1, -0.05) is 24.3 Å². The summed E-state index contributed by atoms with van der Waals surface area (Å²) in [6, 6.07) is 6.86. The number of carbonyl (C=O) groups excluding carboxylic acids is 1. The topological polar surface area (TPSA) is 85.3 Å². The minimum atomic E-state index is -8.23. The fraction of sp³-hybridized carbons (Fsp3) is 0.500. The second-order valence-electron chi connectivity index (χ2n) is 10.3. The molecular weight excluding hydrogens is 750 g/mol. The predicted octanol–water partition coefficient (Wildman–Crippen LogP) is 8.36. The van der Waals surface area contributed by atoms with Gasteiger partial charge < -0.3 is 19.3 Å². The molecule has 0 fully saturated rings. The van der Waals surface area contributed by atoms with Crippen molar-refractivity contribution in [1.82, 2.24) is 4.90 Å². The highest BCUT2D eigenvalue weighted by atomic mass is 19.4. The summed E-state index contributed by atoms with van der Waals surface area (Å²) in [7, 11) is 0. The Morgan fingerprint density at radius 3 is 1.76 bits per heavy atom. The van der Waals surface area contributed by atoms with E-state index < -0.39 is 96.0 Å². The average Bonchev–Trinajstić information content (AvgIpc) is 2.99.